The molecule has 2 fully saturated rings. The molecule has 5 unspecified atom stereocenters. The molecule has 2 saturated carbocycles. The summed E-state index contributed by atoms with van der Waals surface area (Å²) in [6, 6.07) is 30.9. The number of carbonyl (C=O) groups excluding carboxylic acids is 4. The fourth-order valence-electron chi connectivity index (χ4n) is 15.0. The van der Waals surface area contributed by atoms with Crippen molar-refractivity contribution in [2.24, 2.45) is 5.92 Å². The summed E-state index contributed by atoms with van der Waals surface area (Å²) in [5, 5.41) is 41.8. The number of rotatable bonds is 24. The zero-order valence-corrected chi connectivity index (χ0v) is 67.0. The Bertz CT molecular complexity index is 4940. The van der Waals surface area contributed by atoms with Gasteiger partial charge in [0.2, 0.25) is 5.91 Å². The molecule has 114 heavy (non-hydrogen) atoms. The van der Waals surface area contributed by atoms with E-state index in [0.717, 1.165) is 161 Å². The number of likely N-dealkylation sites (N-methyl/N-ethyl adjacent to an activating group) is 2. The minimum atomic E-state index is -1.01. The number of amides is 1. The zero-order chi connectivity index (χ0) is 82.2. The molecular weight excluding hydrogens is 1510 g/mol. The van der Waals surface area contributed by atoms with Gasteiger partial charge in [-0.25, -0.2) is 8.78 Å². The summed E-state index contributed by atoms with van der Waals surface area (Å²) in [6.45, 7) is 5.37. The normalized spacial score (nSPS) is 16.8. The number of nitrogens with one attached hydrogen (secondary N) is 3. The average Bonchev–Trinajstić information content (AvgIpc) is 1.42. The Balaban J connectivity index is 0.000000166. The molecule has 2 aromatic heterocycles. The van der Waals surface area contributed by atoms with Crippen molar-refractivity contribution in [3.05, 3.63) is 220 Å². The molecule has 0 bridgehead atoms. The highest BCUT2D eigenvalue weighted by Crippen LogP contribution is 2.50. The standard InChI is InChI=1S/C29H35Cl2N5O3.C21H20FN3O4.C21H20FNO6.C14H18O3/c1-7-25(37)32-21-11-9-18(36(4)13-12-35(2)3)15-20(21)29-19-10-8-17(14-22(19)33-34-29)26-27(30)23(38-5)16-24(39-6)28(26)31;1-28-15-7-13(8-16(11-15)29-2)12-3-5-17-19(9-12)23-24-21(17)18-10-14(22)4-6-20(18)25(26)27;1-28-15-7-13(8-16(11-15)29-2)12-3-5-17(20(24)9-12)21(25)18-10-14(22)4-6-19(18)23(26)27;1-16-13-7-11(8-14(9-13)17-2)10-4-3-5-12(15)6-10/h7,9,11,15-17H,1,8,10,12-14H2,2-6H3,(H,32,37)(H,33,34);4,6-8,10-12H,3,5,9H2,1-2H3,(H,23,24);4,6-8,10-12,17H,3,5,9H2,1-2H3;7-10H,3-6H2,1-2H3. The van der Waals surface area contributed by atoms with E-state index in [4.69, 9.17) is 66.2 Å². The summed E-state index contributed by atoms with van der Waals surface area (Å²) < 4.78 is 70.1. The van der Waals surface area contributed by atoms with E-state index >= 15 is 0 Å². The third-order valence-corrected chi connectivity index (χ3v) is 21.9. The van der Waals surface area contributed by atoms with Gasteiger partial charge >= 0.3 is 0 Å². The van der Waals surface area contributed by atoms with Crippen LogP contribution in [0.3, 0.4) is 0 Å². The number of nitro groups is 2. The van der Waals surface area contributed by atoms with Gasteiger partial charge in [-0.05, 0) is 204 Å². The number of hydrogen-bond acceptors (Lipinski definition) is 20. The SMILES string of the molecule is C=CC(=O)Nc1ccc(N(C)CCN(C)C)cc1-c1n[nH]c2c1CCC(c1c(Cl)c(OC)cc(OC)c1Cl)C2.COc1cc(OC)cc(C2CCC(C(=O)c3cc(F)ccc3[N+](=O)[O-])C(=O)C2)c1.COc1cc(OC)cc(C2CCCC(=O)C2)c1.COc1cc(OC)cc(C2CCc3c(-c4cc(F)ccc4[N+](=O)[O-])n[nH]c3C2)c1. The lowest BCUT2D eigenvalue weighted by molar-refractivity contribution is -0.385. The first kappa shape index (κ1) is 85.0. The summed E-state index contributed by atoms with van der Waals surface area (Å²) in [5.41, 5.74) is 10.9. The summed E-state index contributed by atoms with van der Waals surface area (Å²) in [7, 11) is 18.9. The van der Waals surface area contributed by atoms with Crippen LogP contribution < -0.4 is 48.1 Å². The Morgan fingerprint density at radius 3 is 1.50 bits per heavy atom. The molecule has 7 aromatic carbocycles. The first-order valence-electron chi connectivity index (χ1n) is 37.1. The number of halogens is 4. The maximum atomic E-state index is 13.8. The van der Waals surface area contributed by atoms with E-state index in [9.17, 15) is 48.2 Å². The van der Waals surface area contributed by atoms with Gasteiger partial charge in [-0.2, -0.15) is 10.2 Å². The van der Waals surface area contributed by atoms with Gasteiger partial charge in [-0.15, -0.1) is 0 Å². The van der Waals surface area contributed by atoms with Crippen LogP contribution >= 0.6 is 23.2 Å². The molecule has 602 valence electrons. The predicted octanol–water partition coefficient (Wildman–Crippen LogP) is 17.2. The number of methoxy groups -OCH3 is 8. The number of aromatic nitrogens is 4. The quantitative estimate of drug-likeness (QED) is 0.0166. The molecule has 1 amide bonds. The Labute approximate surface area is 669 Å². The van der Waals surface area contributed by atoms with Gasteiger partial charge in [0.25, 0.3) is 11.4 Å². The van der Waals surface area contributed by atoms with Crippen LogP contribution in [-0.2, 0) is 40.1 Å². The molecule has 0 radical (unpaired) electrons. The molecule has 0 spiro atoms. The Morgan fingerprint density at radius 1 is 0.553 bits per heavy atom. The molecule has 29 heteroatoms. The summed E-state index contributed by atoms with van der Waals surface area (Å²) >= 11 is 13.5. The third kappa shape index (κ3) is 20.3. The number of anilines is 2. The van der Waals surface area contributed by atoms with Gasteiger partial charge in [0, 0.05) is 115 Å². The van der Waals surface area contributed by atoms with E-state index in [1.54, 1.807) is 54.8 Å². The Morgan fingerprint density at radius 2 is 1.03 bits per heavy atom. The van der Waals surface area contributed by atoms with E-state index in [1.807, 2.05) is 60.7 Å². The molecule has 0 aliphatic heterocycles. The highest BCUT2D eigenvalue weighted by Gasteiger charge is 2.39. The van der Waals surface area contributed by atoms with Crippen molar-refractivity contribution in [3.8, 4) is 68.5 Å². The van der Waals surface area contributed by atoms with Crippen molar-refractivity contribution in [3.63, 3.8) is 0 Å². The number of H-pyrrole nitrogens is 2. The van der Waals surface area contributed by atoms with E-state index < -0.39 is 38.9 Å². The van der Waals surface area contributed by atoms with Crippen molar-refractivity contribution >= 4 is 69.2 Å². The first-order chi connectivity index (χ1) is 54.7. The van der Waals surface area contributed by atoms with Crippen LogP contribution in [0.1, 0.15) is 137 Å². The van der Waals surface area contributed by atoms with E-state index in [2.05, 4.69) is 64.2 Å². The number of nitro benzene ring substituents is 2. The predicted molar refractivity (Wildman–Crippen MR) is 432 cm³/mol. The smallest absolute Gasteiger partial charge is 0.280 e. The van der Waals surface area contributed by atoms with Gasteiger partial charge in [-0.3, -0.25) is 49.6 Å². The van der Waals surface area contributed by atoms with Crippen LogP contribution in [0.4, 0.5) is 31.5 Å². The van der Waals surface area contributed by atoms with Gasteiger partial charge < -0.3 is 53.0 Å². The number of carbonyl (C=O) groups is 4. The fourth-order valence-corrected chi connectivity index (χ4v) is 15.8. The van der Waals surface area contributed by atoms with E-state index in [-0.39, 0.29) is 59.1 Å². The summed E-state index contributed by atoms with van der Waals surface area (Å²) in [4.78, 5) is 74.9. The van der Waals surface area contributed by atoms with E-state index in [0.29, 0.717) is 88.2 Å². The molecule has 9 aromatic rings. The van der Waals surface area contributed by atoms with Crippen LogP contribution in [0.2, 0.25) is 10.0 Å². The molecule has 5 atom stereocenters. The van der Waals surface area contributed by atoms with Gasteiger partial charge in [0.15, 0.2) is 5.78 Å². The number of aromatic amines is 2. The zero-order valence-electron chi connectivity index (χ0n) is 65.5. The van der Waals surface area contributed by atoms with E-state index in [1.165, 1.54) is 32.4 Å². The number of ether oxygens (including phenoxy) is 8. The molecule has 3 N–H and O–H groups in total. The lowest BCUT2D eigenvalue weighted by atomic mass is 9.75. The van der Waals surface area contributed by atoms with Crippen LogP contribution in [0.5, 0.6) is 46.0 Å². The average molecular weight is 1610 g/mol. The van der Waals surface area contributed by atoms with Crippen LogP contribution in [0.25, 0.3) is 22.5 Å². The second kappa shape index (κ2) is 38.9. The maximum Gasteiger partial charge on any atom is 0.280 e. The number of nitrogens with zero attached hydrogens (tertiary/aromatic N) is 6. The number of fused-ring (bicyclic) bond motifs is 2. The van der Waals surface area contributed by atoms with Gasteiger partial charge in [0.1, 0.15) is 74.9 Å². The molecule has 2 heterocycles. The second-order valence-electron chi connectivity index (χ2n) is 28.4. The van der Waals surface area contributed by atoms with Crippen molar-refractivity contribution in [2.75, 3.05) is 101 Å². The molecule has 0 saturated heterocycles. The van der Waals surface area contributed by atoms with Crippen LogP contribution in [-0.4, -0.2) is 150 Å². The van der Waals surface area contributed by atoms with Crippen molar-refractivity contribution in [1.82, 2.24) is 25.3 Å². The molecule has 4 aliphatic carbocycles. The summed E-state index contributed by atoms with van der Waals surface area (Å²) in [5.74, 6) is 2.53. The van der Waals surface area contributed by atoms with Crippen molar-refractivity contribution in [2.45, 2.75) is 107 Å². The minimum Gasteiger partial charge on any atom is -0.497 e. The number of ketones is 3. The monoisotopic (exact) mass is 1600 g/mol. The summed E-state index contributed by atoms with van der Waals surface area (Å²) in [6.07, 6.45) is 10.0. The highest BCUT2D eigenvalue weighted by molar-refractivity contribution is 6.38. The number of Topliss-reactive ketones (excluding diaryl/α,β-unsaturated/α-hetero) is 3. The van der Waals surface area contributed by atoms with Crippen LogP contribution in [0, 0.1) is 37.8 Å². The number of benzene rings is 7. The van der Waals surface area contributed by atoms with Crippen LogP contribution in [0.15, 0.2) is 128 Å². The lowest BCUT2D eigenvalue weighted by Gasteiger charge is -2.27. The van der Waals surface area contributed by atoms with Gasteiger partial charge in [0.05, 0.1) is 105 Å². The minimum absolute atomic E-state index is 0.0539. The molecule has 25 nitrogen and oxygen atoms in total. The molecular formula is C85H93Cl2F2N9O16. The Hall–Kier alpha value is -11.4. The van der Waals surface area contributed by atoms with Crippen molar-refractivity contribution in [1.29, 1.82) is 0 Å². The van der Waals surface area contributed by atoms with Crippen molar-refractivity contribution < 1.29 is 75.7 Å². The number of hydrogen-bond donors (Lipinski definition) is 3. The first-order valence-corrected chi connectivity index (χ1v) is 37.8. The molecule has 4 aliphatic rings. The second-order valence-corrected chi connectivity index (χ2v) is 29.1. The molecule has 13 rings (SSSR count). The van der Waals surface area contributed by atoms with Gasteiger partial charge in [-0.1, -0.05) is 29.8 Å². The fraction of sp³-hybridized carbons (Fsp3) is 0.365. The Kier molecular flexibility index (Phi) is 29.0. The maximum absolute atomic E-state index is 13.8. The lowest BCUT2D eigenvalue weighted by Crippen LogP contribution is -2.31. The third-order valence-electron chi connectivity index (χ3n) is 21.1. The highest BCUT2D eigenvalue weighted by atomic mass is 35.5. The largest absolute Gasteiger partial charge is 0.497 e. The topological polar surface area (TPSA) is 304 Å².